The molecular weight excluding hydrogens is 634 g/mol. The zero-order valence-corrected chi connectivity index (χ0v) is 28.1. The topological polar surface area (TPSA) is 112 Å². The molecule has 2 aromatic heterocycles. The molecule has 0 saturated heterocycles. The highest BCUT2D eigenvalue weighted by Crippen LogP contribution is 2.16. The molecular formula is C21H40Cl4N8S4. The molecule has 0 fully saturated rings. The van der Waals surface area contributed by atoms with Gasteiger partial charge < -0.3 is 19.8 Å². The Morgan fingerprint density at radius 2 is 1.11 bits per heavy atom. The lowest BCUT2D eigenvalue weighted by Gasteiger charge is -2.27. The molecule has 8 nitrogen and oxygen atoms in total. The largest absolute Gasteiger partial charge is 0.351 e. The fourth-order valence-corrected chi connectivity index (χ4v) is 5.93. The van der Waals surface area contributed by atoms with Crippen LogP contribution < -0.4 is 0 Å². The van der Waals surface area contributed by atoms with E-state index in [1.807, 2.05) is 49.9 Å². The summed E-state index contributed by atoms with van der Waals surface area (Å²) in [6.45, 7) is 7.47. The molecule has 16 heteroatoms. The van der Waals surface area contributed by atoms with E-state index in [1.165, 1.54) is 23.5 Å². The van der Waals surface area contributed by atoms with Crippen molar-refractivity contribution in [2.75, 3.05) is 50.2 Å². The molecule has 4 N–H and O–H groups in total. The van der Waals surface area contributed by atoms with E-state index < -0.39 is 0 Å². The van der Waals surface area contributed by atoms with E-state index in [2.05, 4.69) is 29.7 Å². The summed E-state index contributed by atoms with van der Waals surface area (Å²) >= 11 is 6.69. The molecule has 0 saturated carbocycles. The lowest BCUT2D eigenvalue weighted by atomic mass is 10.3. The highest BCUT2D eigenvalue weighted by atomic mass is 35.5. The summed E-state index contributed by atoms with van der Waals surface area (Å²) in [5.74, 6) is 3.71. The van der Waals surface area contributed by atoms with Gasteiger partial charge in [0.1, 0.15) is 0 Å². The number of aryl methyl sites for hydroxylation is 2. The third-order valence-corrected chi connectivity index (χ3v) is 8.36. The quantitative estimate of drug-likeness (QED) is 0.107. The van der Waals surface area contributed by atoms with E-state index in [4.69, 9.17) is 10.8 Å². The van der Waals surface area contributed by atoms with Crippen LogP contribution in [0, 0.1) is 24.7 Å². The number of aromatic nitrogens is 4. The average molecular weight is 675 g/mol. The smallest absolute Gasteiger partial charge is 0.156 e. The van der Waals surface area contributed by atoms with E-state index in [0.717, 1.165) is 78.4 Å². The maximum absolute atomic E-state index is 8.32. The zero-order valence-electron chi connectivity index (χ0n) is 21.6. The van der Waals surface area contributed by atoms with Crippen molar-refractivity contribution in [2.45, 2.75) is 31.8 Å². The zero-order chi connectivity index (χ0) is 24.1. The van der Waals surface area contributed by atoms with E-state index >= 15 is 0 Å². The Morgan fingerprint density at radius 1 is 0.730 bits per heavy atom. The maximum atomic E-state index is 8.32. The lowest BCUT2D eigenvalue weighted by Crippen LogP contribution is -2.36. The second-order valence-electron chi connectivity index (χ2n) is 7.40. The summed E-state index contributed by atoms with van der Waals surface area (Å²) in [6, 6.07) is 0. The number of nitrogens with zero attached hydrogens (tertiary/aromatic N) is 4. The lowest BCUT2D eigenvalue weighted by molar-refractivity contribution is 0.380. The van der Waals surface area contributed by atoms with Crippen LogP contribution in [0.2, 0.25) is 0 Å². The Labute approximate surface area is 263 Å². The first-order valence-electron chi connectivity index (χ1n) is 10.8. The SMILES string of the molecule is CSC(=N)N(CCCN(CCSCc1nc[nH]c1C)C(=N)SC)CCSCc1nc[nH]c1C.Cl.Cl.Cl.Cl. The summed E-state index contributed by atoms with van der Waals surface area (Å²) < 4.78 is 0. The minimum atomic E-state index is 0. The van der Waals surface area contributed by atoms with Gasteiger partial charge in [-0.1, -0.05) is 23.5 Å². The van der Waals surface area contributed by atoms with Gasteiger partial charge in [-0.2, -0.15) is 23.5 Å². The van der Waals surface area contributed by atoms with Crippen LogP contribution >= 0.6 is 96.7 Å². The molecule has 2 heterocycles. The highest BCUT2D eigenvalue weighted by molar-refractivity contribution is 8.13. The summed E-state index contributed by atoms with van der Waals surface area (Å²) in [4.78, 5) is 19.3. The van der Waals surface area contributed by atoms with Crippen LogP contribution in [0.3, 0.4) is 0 Å². The number of hydrogen-bond acceptors (Lipinski definition) is 8. The van der Waals surface area contributed by atoms with Crippen LogP contribution in [0.25, 0.3) is 0 Å². The Hall–Kier alpha value is -0.0800. The summed E-state index contributed by atoms with van der Waals surface area (Å²) in [7, 11) is 0. The predicted molar refractivity (Wildman–Crippen MR) is 178 cm³/mol. The fourth-order valence-electron chi connectivity index (χ4n) is 3.09. The molecule has 0 aliphatic carbocycles. The molecule has 0 amide bonds. The molecule has 0 unspecified atom stereocenters. The number of rotatable bonds is 14. The number of amidine groups is 2. The minimum absolute atomic E-state index is 0. The number of hydrogen-bond donors (Lipinski definition) is 4. The van der Waals surface area contributed by atoms with Gasteiger partial charge in [0.25, 0.3) is 0 Å². The molecule has 37 heavy (non-hydrogen) atoms. The van der Waals surface area contributed by atoms with E-state index in [1.54, 1.807) is 12.7 Å². The van der Waals surface area contributed by atoms with Crippen molar-refractivity contribution in [1.29, 1.82) is 10.8 Å². The van der Waals surface area contributed by atoms with Gasteiger partial charge in [-0.05, 0) is 32.8 Å². The van der Waals surface area contributed by atoms with E-state index in [9.17, 15) is 0 Å². The van der Waals surface area contributed by atoms with Crippen LogP contribution in [0.5, 0.6) is 0 Å². The molecule has 0 spiro atoms. The van der Waals surface area contributed by atoms with Gasteiger partial charge in [0.05, 0.1) is 24.0 Å². The van der Waals surface area contributed by atoms with Crippen LogP contribution in [0.4, 0.5) is 0 Å². The van der Waals surface area contributed by atoms with Gasteiger partial charge >= 0.3 is 0 Å². The standard InChI is InChI=1S/C21H36N8S4.4ClH/c1-16-18(26-14-24-16)12-32-10-8-28(20(22)30-3)6-5-7-29(21(23)31-4)9-11-33-13-19-17(2)25-15-27-19;;;;/h14-15,22-23H,5-13H2,1-4H3,(H,24,26)(H,25,27);4*1H. The van der Waals surface area contributed by atoms with Crippen molar-refractivity contribution < 1.29 is 0 Å². The van der Waals surface area contributed by atoms with Gasteiger partial charge in [-0.3, -0.25) is 10.8 Å². The molecule has 0 bridgehead atoms. The van der Waals surface area contributed by atoms with Crippen LogP contribution in [-0.2, 0) is 11.5 Å². The Balaban J connectivity index is -0.00000289. The van der Waals surface area contributed by atoms with Crippen molar-refractivity contribution >= 4 is 107 Å². The summed E-state index contributed by atoms with van der Waals surface area (Å²) in [5.41, 5.74) is 4.48. The number of halogens is 4. The van der Waals surface area contributed by atoms with Crippen LogP contribution in [0.15, 0.2) is 12.7 Å². The Bertz CT molecular complexity index is 803. The van der Waals surface area contributed by atoms with Crippen LogP contribution in [0.1, 0.15) is 29.2 Å². The fraction of sp³-hybridized carbons (Fsp3) is 0.619. The van der Waals surface area contributed by atoms with Gasteiger partial charge in [-0.25, -0.2) is 9.97 Å². The van der Waals surface area contributed by atoms with E-state index in [0.29, 0.717) is 10.3 Å². The second-order valence-corrected chi connectivity index (χ2v) is 11.2. The van der Waals surface area contributed by atoms with Crippen molar-refractivity contribution in [1.82, 2.24) is 29.7 Å². The number of aromatic amines is 2. The highest BCUT2D eigenvalue weighted by Gasteiger charge is 2.13. The van der Waals surface area contributed by atoms with Gasteiger partial charge in [0.2, 0.25) is 0 Å². The molecule has 2 aromatic rings. The Kier molecular flexibility index (Phi) is 26.6. The second kappa shape index (κ2) is 23.8. The number of H-pyrrole nitrogens is 2. The molecule has 0 radical (unpaired) electrons. The summed E-state index contributed by atoms with van der Waals surface area (Å²) in [6.07, 6.45) is 8.34. The first kappa shape index (κ1) is 41.4. The first-order chi connectivity index (χ1) is 16.0. The summed E-state index contributed by atoms with van der Waals surface area (Å²) in [5, 5.41) is 17.9. The maximum Gasteiger partial charge on any atom is 0.156 e. The third kappa shape index (κ3) is 15.3. The number of thioether (sulfide) groups is 4. The average Bonchev–Trinajstić information content (AvgIpc) is 3.42. The third-order valence-electron chi connectivity index (χ3n) is 5.17. The number of imidazole rings is 2. The van der Waals surface area contributed by atoms with E-state index in [-0.39, 0.29) is 49.6 Å². The molecule has 0 aliphatic rings. The van der Waals surface area contributed by atoms with Gasteiger partial charge in [0.15, 0.2) is 10.3 Å². The van der Waals surface area contributed by atoms with Gasteiger partial charge in [-0.15, -0.1) is 49.6 Å². The molecule has 0 aromatic carbocycles. The van der Waals surface area contributed by atoms with Crippen LogP contribution in [-0.4, -0.2) is 90.3 Å². The monoisotopic (exact) mass is 672 g/mol. The van der Waals surface area contributed by atoms with Crippen molar-refractivity contribution in [2.24, 2.45) is 0 Å². The number of nitrogens with one attached hydrogen (secondary N) is 4. The van der Waals surface area contributed by atoms with Crippen molar-refractivity contribution in [3.05, 3.63) is 35.4 Å². The normalized spacial score (nSPS) is 9.84. The van der Waals surface area contributed by atoms with Crippen molar-refractivity contribution in [3.8, 4) is 0 Å². The molecule has 0 atom stereocenters. The van der Waals surface area contributed by atoms with Gasteiger partial charge in [0, 0.05) is 60.6 Å². The molecule has 0 aliphatic heterocycles. The minimum Gasteiger partial charge on any atom is -0.351 e. The van der Waals surface area contributed by atoms with Crippen molar-refractivity contribution in [3.63, 3.8) is 0 Å². The Morgan fingerprint density at radius 3 is 1.41 bits per heavy atom. The first-order valence-corrected chi connectivity index (χ1v) is 15.6. The molecule has 2 rings (SSSR count). The molecule has 216 valence electrons. The predicted octanol–water partition coefficient (Wildman–Crippen LogP) is 6.19.